The molecule has 0 atom stereocenters. The highest BCUT2D eigenvalue weighted by molar-refractivity contribution is 8.00. The van der Waals surface area contributed by atoms with Crippen molar-refractivity contribution in [3.05, 3.63) is 84.4 Å². The highest BCUT2D eigenvalue weighted by atomic mass is 32.2. The van der Waals surface area contributed by atoms with Crippen molar-refractivity contribution in [2.45, 2.75) is 11.8 Å². The number of fused-ring (bicyclic) bond motifs is 1. The lowest BCUT2D eigenvalue weighted by Crippen LogP contribution is -2.26. The van der Waals surface area contributed by atoms with Crippen molar-refractivity contribution in [1.82, 2.24) is 4.98 Å². The van der Waals surface area contributed by atoms with Gasteiger partial charge in [-0.05, 0) is 84.9 Å². The van der Waals surface area contributed by atoms with Gasteiger partial charge in [0.2, 0.25) is 0 Å². The summed E-state index contributed by atoms with van der Waals surface area (Å²) in [4.78, 5) is 6.04. The number of anilines is 2. The number of rotatable bonds is 5. The van der Waals surface area contributed by atoms with E-state index in [4.69, 9.17) is 9.72 Å². The summed E-state index contributed by atoms with van der Waals surface area (Å²) in [7, 11) is 0. The minimum absolute atomic E-state index is 0.722. The minimum Gasteiger partial charge on any atom is -0.367 e. The third-order valence-corrected chi connectivity index (χ3v) is 7.08. The number of benzene rings is 3. The maximum absolute atomic E-state index is 5.41. The molecule has 156 valence electrons. The molecular weight excluding hydrogens is 422 g/mol. The predicted molar refractivity (Wildman–Crippen MR) is 134 cm³/mol. The highest BCUT2D eigenvalue weighted by Gasteiger charge is 2.12. The molecule has 1 N–H and O–H groups in total. The first-order valence-electron chi connectivity index (χ1n) is 10.2. The number of ether oxygens (including phenoxy) is 1. The zero-order valence-corrected chi connectivity index (χ0v) is 18.9. The molecule has 6 heteroatoms. The molecule has 1 aliphatic heterocycles. The molecule has 0 spiro atoms. The molecule has 1 saturated heterocycles. The summed E-state index contributed by atoms with van der Waals surface area (Å²) in [5.41, 5.74) is 6.66. The lowest BCUT2D eigenvalue weighted by molar-refractivity contribution is 0.184. The number of nitrogens with zero attached hydrogens (tertiary/aromatic N) is 2. The SMILES string of the molecule is Cc1ccc(NSc2ccc(N3CCOCS3)cc2)cc1-c1ccc2ccccc2n1. The summed E-state index contributed by atoms with van der Waals surface area (Å²) >= 11 is 3.34. The number of aromatic nitrogens is 1. The van der Waals surface area contributed by atoms with Crippen LogP contribution in [0.5, 0.6) is 0 Å². The van der Waals surface area contributed by atoms with E-state index in [-0.39, 0.29) is 0 Å². The number of aryl methyl sites for hydroxylation is 1. The van der Waals surface area contributed by atoms with Crippen molar-refractivity contribution in [1.29, 1.82) is 0 Å². The second-order valence-electron chi connectivity index (χ2n) is 7.37. The summed E-state index contributed by atoms with van der Waals surface area (Å²) in [6, 6.07) is 27.6. The topological polar surface area (TPSA) is 37.4 Å². The van der Waals surface area contributed by atoms with Crippen molar-refractivity contribution in [2.75, 3.05) is 28.1 Å². The van der Waals surface area contributed by atoms with E-state index in [0.29, 0.717) is 0 Å². The molecule has 0 unspecified atom stereocenters. The Balaban J connectivity index is 1.31. The van der Waals surface area contributed by atoms with Gasteiger partial charge in [-0.15, -0.1) is 0 Å². The molecule has 3 aromatic carbocycles. The lowest BCUT2D eigenvalue weighted by Gasteiger charge is -2.27. The van der Waals surface area contributed by atoms with E-state index in [1.807, 2.05) is 12.1 Å². The van der Waals surface area contributed by atoms with E-state index in [1.165, 1.54) is 16.1 Å². The standard InChI is InChI=1S/C25H23N3OS2/c1-18-6-8-20(16-23(18)25-13-7-19-4-2-3-5-24(19)26-25)27-31-22-11-9-21(10-12-22)28-14-15-29-17-30-28/h2-13,16,27H,14-15,17H2,1H3. The summed E-state index contributed by atoms with van der Waals surface area (Å²) in [5, 5.41) is 1.16. The van der Waals surface area contributed by atoms with Gasteiger partial charge in [0, 0.05) is 27.2 Å². The molecule has 1 aliphatic rings. The van der Waals surface area contributed by atoms with Crippen LogP contribution in [0.3, 0.4) is 0 Å². The number of pyridine rings is 1. The second kappa shape index (κ2) is 9.22. The van der Waals surface area contributed by atoms with Crippen LogP contribution in [0.2, 0.25) is 0 Å². The van der Waals surface area contributed by atoms with Gasteiger partial charge in [-0.2, -0.15) is 0 Å². The maximum Gasteiger partial charge on any atom is 0.112 e. The molecule has 0 amide bonds. The van der Waals surface area contributed by atoms with Crippen LogP contribution in [0.4, 0.5) is 11.4 Å². The van der Waals surface area contributed by atoms with Crippen LogP contribution >= 0.6 is 23.9 Å². The van der Waals surface area contributed by atoms with Crippen molar-refractivity contribution < 1.29 is 4.74 Å². The van der Waals surface area contributed by atoms with Crippen molar-refractivity contribution in [2.24, 2.45) is 0 Å². The Morgan fingerprint density at radius 2 is 1.87 bits per heavy atom. The lowest BCUT2D eigenvalue weighted by atomic mass is 10.0. The predicted octanol–water partition coefficient (Wildman–Crippen LogP) is 6.77. The van der Waals surface area contributed by atoms with E-state index in [9.17, 15) is 0 Å². The second-order valence-corrected chi connectivity index (χ2v) is 9.19. The molecule has 31 heavy (non-hydrogen) atoms. The van der Waals surface area contributed by atoms with Crippen LogP contribution in [0.25, 0.3) is 22.2 Å². The molecule has 0 saturated carbocycles. The van der Waals surface area contributed by atoms with Gasteiger partial charge < -0.3 is 13.8 Å². The smallest absolute Gasteiger partial charge is 0.112 e. The largest absolute Gasteiger partial charge is 0.367 e. The van der Waals surface area contributed by atoms with Gasteiger partial charge in [-0.25, -0.2) is 4.98 Å². The van der Waals surface area contributed by atoms with Crippen molar-refractivity contribution >= 4 is 46.2 Å². The molecular formula is C25H23N3OS2. The minimum atomic E-state index is 0.722. The van der Waals surface area contributed by atoms with Gasteiger partial charge in [0.05, 0.1) is 24.4 Å². The number of hydrogen-bond acceptors (Lipinski definition) is 6. The monoisotopic (exact) mass is 445 g/mol. The third kappa shape index (κ3) is 4.66. The van der Waals surface area contributed by atoms with E-state index < -0.39 is 0 Å². The summed E-state index contributed by atoms with van der Waals surface area (Å²) < 4.78 is 11.2. The molecule has 0 bridgehead atoms. The fraction of sp³-hybridized carbons (Fsp3) is 0.160. The molecule has 1 fully saturated rings. The van der Waals surface area contributed by atoms with Crippen LogP contribution in [0.1, 0.15) is 5.56 Å². The first kappa shape index (κ1) is 20.2. The molecule has 1 aromatic heterocycles. The fourth-order valence-corrected chi connectivity index (χ4v) is 4.98. The Hall–Kier alpha value is -2.67. The number of hydrogen-bond donors (Lipinski definition) is 1. The summed E-state index contributed by atoms with van der Waals surface area (Å²) in [6.45, 7) is 3.84. The maximum atomic E-state index is 5.41. The van der Waals surface area contributed by atoms with Gasteiger partial charge in [0.1, 0.15) is 5.94 Å². The van der Waals surface area contributed by atoms with Crippen molar-refractivity contribution in [3.63, 3.8) is 0 Å². The molecule has 2 heterocycles. The highest BCUT2D eigenvalue weighted by Crippen LogP contribution is 2.31. The molecule has 0 aliphatic carbocycles. The van der Waals surface area contributed by atoms with Gasteiger partial charge in [0.25, 0.3) is 0 Å². The Morgan fingerprint density at radius 1 is 1.00 bits per heavy atom. The third-order valence-electron chi connectivity index (χ3n) is 5.25. The van der Waals surface area contributed by atoms with E-state index in [1.54, 1.807) is 23.9 Å². The van der Waals surface area contributed by atoms with E-state index in [0.717, 1.165) is 46.9 Å². The Morgan fingerprint density at radius 3 is 2.71 bits per heavy atom. The molecule has 4 nitrogen and oxygen atoms in total. The van der Waals surface area contributed by atoms with Gasteiger partial charge in [-0.3, -0.25) is 0 Å². The molecule has 0 radical (unpaired) electrons. The van der Waals surface area contributed by atoms with Gasteiger partial charge >= 0.3 is 0 Å². The Bertz CT molecular complexity index is 1190. The first-order chi connectivity index (χ1) is 15.3. The molecule has 5 rings (SSSR count). The van der Waals surface area contributed by atoms with E-state index in [2.05, 4.69) is 82.7 Å². The Kier molecular flexibility index (Phi) is 6.02. The van der Waals surface area contributed by atoms with Crippen LogP contribution in [-0.4, -0.2) is 24.1 Å². The van der Waals surface area contributed by atoms with Gasteiger partial charge in [0.15, 0.2) is 0 Å². The first-order valence-corrected chi connectivity index (χ1v) is 12.0. The van der Waals surface area contributed by atoms with Crippen LogP contribution < -0.4 is 9.03 Å². The quantitative estimate of drug-likeness (QED) is 0.342. The van der Waals surface area contributed by atoms with Crippen LogP contribution in [0, 0.1) is 6.92 Å². The number of para-hydroxylation sites is 1. The zero-order valence-electron chi connectivity index (χ0n) is 17.2. The van der Waals surface area contributed by atoms with Crippen LogP contribution in [-0.2, 0) is 4.74 Å². The fourth-order valence-electron chi connectivity index (χ4n) is 3.55. The van der Waals surface area contributed by atoms with E-state index >= 15 is 0 Å². The van der Waals surface area contributed by atoms with Crippen LogP contribution in [0.15, 0.2) is 83.8 Å². The number of nitrogens with one attached hydrogen (secondary N) is 1. The summed E-state index contributed by atoms with van der Waals surface area (Å²) in [6.07, 6.45) is 0. The van der Waals surface area contributed by atoms with Gasteiger partial charge in [-0.1, -0.05) is 30.3 Å². The Labute approximate surface area is 191 Å². The summed E-state index contributed by atoms with van der Waals surface area (Å²) in [5.74, 6) is 0.722. The average Bonchev–Trinajstić information content (AvgIpc) is 2.84. The van der Waals surface area contributed by atoms with Crippen molar-refractivity contribution in [3.8, 4) is 11.3 Å². The molecule has 4 aromatic rings. The zero-order chi connectivity index (χ0) is 21.0. The average molecular weight is 446 g/mol. The normalized spacial score (nSPS) is 14.0.